The number of aromatic nitrogens is 2. The fraction of sp³-hybridized carbons (Fsp3) is 0.227. The lowest BCUT2D eigenvalue weighted by molar-refractivity contribution is -0.274. The van der Waals surface area contributed by atoms with Crippen molar-refractivity contribution in [2.24, 2.45) is 0 Å². The zero-order chi connectivity index (χ0) is 24.4. The summed E-state index contributed by atoms with van der Waals surface area (Å²) < 4.78 is 68.5. The highest BCUT2D eigenvalue weighted by molar-refractivity contribution is 5.93. The van der Waals surface area contributed by atoms with Crippen LogP contribution in [-0.4, -0.2) is 39.5 Å². The van der Waals surface area contributed by atoms with Crippen molar-refractivity contribution in [2.45, 2.75) is 25.8 Å². The summed E-state index contributed by atoms with van der Waals surface area (Å²) >= 11 is 0. The number of ether oxygens (including phenoxy) is 1. The minimum atomic E-state index is -4.86. The maximum atomic E-state index is 13.7. The summed E-state index contributed by atoms with van der Waals surface area (Å²) in [5.74, 6) is -3.12. The summed E-state index contributed by atoms with van der Waals surface area (Å²) in [6, 6.07) is 8.53. The Balaban J connectivity index is 2.04. The number of carbonyl (C=O) groups is 1. The highest BCUT2D eigenvalue weighted by Crippen LogP contribution is 2.28. The van der Waals surface area contributed by atoms with Gasteiger partial charge >= 0.3 is 6.36 Å². The Bertz CT molecular complexity index is 1140. The number of nitrogens with one attached hydrogen (secondary N) is 1. The van der Waals surface area contributed by atoms with Crippen molar-refractivity contribution in [3.8, 4) is 28.4 Å². The summed E-state index contributed by atoms with van der Waals surface area (Å²) in [6.07, 6.45) is -4.86. The number of benzene rings is 2. The molecule has 2 aromatic carbocycles. The van der Waals surface area contributed by atoms with Gasteiger partial charge in [0.05, 0.1) is 11.3 Å². The van der Waals surface area contributed by atoms with Crippen LogP contribution in [0.3, 0.4) is 0 Å². The molecule has 3 rings (SSSR count). The normalized spacial score (nSPS) is 11.9. The van der Waals surface area contributed by atoms with Crippen molar-refractivity contribution < 1.29 is 36.6 Å². The second-order valence-corrected chi connectivity index (χ2v) is 7.69. The first-order valence-corrected chi connectivity index (χ1v) is 9.51. The Hall–Kier alpha value is -3.60. The van der Waals surface area contributed by atoms with Crippen molar-refractivity contribution in [3.05, 3.63) is 65.9 Å². The van der Waals surface area contributed by atoms with Crippen LogP contribution in [0.15, 0.2) is 48.5 Å². The third-order valence-corrected chi connectivity index (χ3v) is 4.14. The molecule has 1 aromatic heterocycles. The van der Waals surface area contributed by atoms with Gasteiger partial charge in [0.25, 0.3) is 5.91 Å². The van der Waals surface area contributed by atoms with Gasteiger partial charge in [-0.3, -0.25) is 4.79 Å². The minimum absolute atomic E-state index is 0.0529. The van der Waals surface area contributed by atoms with E-state index in [9.17, 15) is 31.9 Å². The number of alkyl halides is 3. The largest absolute Gasteiger partial charge is 0.573 e. The standard InChI is InChI=1S/C22H18F5N3O3/c1-21(2,32)11-28-20(31)18-10-17(12-3-5-16(6-4-12)33-22(25,26)27)29-19(30-18)13-7-14(23)9-15(24)8-13/h3-10,32H,11H2,1-2H3,(H,28,31). The second-order valence-electron chi connectivity index (χ2n) is 7.69. The van der Waals surface area contributed by atoms with E-state index in [1.165, 1.54) is 32.0 Å². The van der Waals surface area contributed by atoms with E-state index in [2.05, 4.69) is 20.0 Å². The monoisotopic (exact) mass is 467 g/mol. The molecule has 0 saturated carbocycles. The van der Waals surface area contributed by atoms with Crippen molar-refractivity contribution in [3.63, 3.8) is 0 Å². The summed E-state index contributed by atoms with van der Waals surface area (Å²) in [5.41, 5.74) is -1.05. The zero-order valence-corrected chi connectivity index (χ0v) is 17.4. The van der Waals surface area contributed by atoms with Gasteiger partial charge in [0, 0.05) is 23.7 Å². The zero-order valence-electron chi connectivity index (χ0n) is 17.4. The van der Waals surface area contributed by atoms with Gasteiger partial charge in [0.2, 0.25) is 0 Å². The first kappa shape index (κ1) is 24.1. The second kappa shape index (κ2) is 9.10. The lowest BCUT2D eigenvalue weighted by Crippen LogP contribution is -2.38. The number of carbonyl (C=O) groups excluding carboxylic acids is 1. The molecule has 0 aliphatic rings. The minimum Gasteiger partial charge on any atom is -0.406 e. The molecule has 0 radical (unpaired) electrons. The van der Waals surface area contributed by atoms with E-state index in [-0.39, 0.29) is 29.3 Å². The van der Waals surface area contributed by atoms with Crippen molar-refractivity contribution in [1.82, 2.24) is 15.3 Å². The molecule has 1 heterocycles. The number of amides is 1. The van der Waals surface area contributed by atoms with E-state index in [0.717, 1.165) is 24.3 Å². The molecular formula is C22H18F5N3O3. The van der Waals surface area contributed by atoms with Crippen LogP contribution in [0.5, 0.6) is 5.75 Å². The molecule has 0 saturated heterocycles. The molecule has 0 atom stereocenters. The van der Waals surface area contributed by atoms with Gasteiger partial charge in [-0.1, -0.05) is 0 Å². The van der Waals surface area contributed by atoms with E-state index < -0.39 is 35.3 Å². The molecule has 33 heavy (non-hydrogen) atoms. The predicted octanol–water partition coefficient (Wildman–Crippen LogP) is 4.49. The van der Waals surface area contributed by atoms with E-state index in [0.29, 0.717) is 11.6 Å². The Kier molecular flexibility index (Phi) is 6.63. The third kappa shape index (κ3) is 6.94. The van der Waals surface area contributed by atoms with Gasteiger partial charge in [0.1, 0.15) is 23.1 Å². The maximum Gasteiger partial charge on any atom is 0.573 e. The SMILES string of the molecule is CC(C)(O)CNC(=O)c1cc(-c2ccc(OC(F)(F)F)cc2)nc(-c2cc(F)cc(F)c2)n1. The van der Waals surface area contributed by atoms with Crippen LogP contribution in [-0.2, 0) is 0 Å². The average molecular weight is 467 g/mol. The fourth-order valence-electron chi connectivity index (χ4n) is 2.74. The molecule has 0 aliphatic heterocycles. The van der Waals surface area contributed by atoms with Crippen LogP contribution in [0.25, 0.3) is 22.6 Å². The number of hydrogen-bond donors (Lipinski definition) is 2. The lowest BCUT2D eigenvalue weighted by Gasteiger charge is -2.17. The summed E-state index contributed by atoms with van der Waals surface area (Å²) in [7, 11) is 0. The first-order valence-electron chi connectivity index (χ1n) is 9.51. The van der Waals surface area contributed by atoms with Crippen LogP contribution >= 0.6 is 0 Å². The fourth-order valence-corrected chi connectivity index (χ4v) is 2.74. The molecule has 2 N–H and O–H groups in total. The molecule has 0 spiro atoms. The van der Waals surface area contributed by atoms with Gasteiger partial charge < -0.3 is 15.2 Å². The summed E-state index contributed by atoms with van der Waals surface area (Å²) in [5, 5.41) is 12.3. The molecule has 6 nitrogen and oxygen atoms in total. The highest BCUT2D eigenvalue weighted by atomic mass is 19.4. The van der Waals surface area contributed by atoms with Crippen LogP contribution in [0.4, 0.5) is 22.0 Å². The molecule has 0 fully saturated rings. The van der Waals surface area contributed by atoms with Crippen LogP contribution in [0.2, 0.25) is 0 Å². The average Bonchev–Trinajstić information content (AvgIpc) is 2.70. The van der Waals surface area contributed by atoms with E-state index in [1.807, 2.05) is 0 Å². The number of aliphatic hydroxyl groups is 1. The maximum absolute atomic E-state index is 13.7. The topological polar surface area (TPSA) is 84.3 Å². The van der Waals surface area contributed by atoms with E-state index in [4.69, 9.17) is 0 Å². The number of rotatable bonds is 6. The quantitative estimate of drug-likeness (QED) is 0.522. The van der Waals surface area contributed by atoms with Gasteiger partial charge in [-0.25, -0.2) is 18.7 Å². The van der Waals surface area contributed by atoms with E-state index >= 15 is 0 Å². The molecule has 11 heteroatoms. The first-order chi connectivity index (χ1) is 15.3. The van der Waals surface area contributed by atoms with Gasteiger partial charge in [-0.15, -0.1) is 13.2 Å². The van der Waals surface area contributed by atoms with Crippen molar-refractivity contribution in [1.29, 1.82) is 0 Å². The number of halogens is 5. The van der Waals surface area contributed by atoms with E-state index in [1.54, 1.807) is 0 Å². The lowest BCUT2D eigenvalue weighted by atomic mass is 10.1. The molecule has 1 amide bonds. The third-order valence-electron chi connectivity index (χ3n) is 4.14. The molecule has 0 aliphatic carbocycles. The smallest absolute Gasteiger partial charge is 0.406 e. The Morgan fingerprint density at radius 1 is 0.970 bits per heavy atom. The van der Waals surface area contributed by atoms with Crippen LogP contribution in [0.1, 0.15) is 24.3 Å². The highest BCUT2D eigenvalue weighted by Gasteiger charge is 2.31. The van der Waals surface area contributed by atoms with Crippen LogP contribution in [0, 0.1) is 11.6 Å². The van der Waals surface area contributed by atoms with Gasteiger partial charge in [-0.05, 0) is 56.3 Å². The Labute approximate surface area is 185 Å². The van der Waals surface area contributed by atoms with Gasteiger partial charge in [-0.2, -0.15) is 0 Å². The molecule has 174 valence electrons. The Morgan fingerprint density at radius 3 is 2.12 bits per heavy atom. The summed E-state index contributed by atoms with van der Waals surface area (Å²) in [6.45, 7) is 2.84. The van der Waals surface area contributed by atoms with Gasteiger partial charge in [0.15, 0.2) is 5.82 Å². The van der Waals surface area contributed by atoms with Crippen molar-refractivity contribution in [2.75, 3.05) is 6.54 Å². The Morgan fingerprint density at radius 2 is 1.58 bits per heavy atom. The molecule has 0 bridgehead atoms. The number of hydrogen-bond acceptors (Lipinski definition) is 5. The number of nitrogens with zero attached hydrogens (tertiary/aromatic N) is 2. The molecule has 0 unspecified atom stereocenters. The molecular weight excluding hydrogens is 449 g/mol. The van der Waals surface area contributed by atoms with Crippen molar-refractivity contribution >= 4 is 5.91 Å². The predicted molar refractivity (Wildman–Crippen MR) is 108 cm³/mol. The van der Waals surface area contributed by atoms with Crippen LogP contribution < -0.4 is 10.1 Å². The summed E-state index contributed by atoms with van der Waals surface area (Å²) in [4.78, 5) is 20.9. The molecule has 3 aromatic rings.